The standard InChI is InChI=1S/C5H4ClNO3/c1-9-5(8)3-4(6)10-2-7-3/h2H,1H3. The SMILES string of the molecule is COC(=O)c1ncoc1Cl. The van der Waals surface area contributed by atoms with Crippen LogP contribution in [0.15, 0.2) is 10.8 Å². The van der Waals surface area contributed by atoms with Crippen molar-refractivity contribution in [2.75, 3.05) is 7.11 Å². The van der Waals surface area contributed by atoms with Gasteiger partial charge in [-0.05, 0) is 11.6 Å². The number of carbonyl (C=O) groups excluding carboxylic acids is 1. The van der Waals surface area contributed by atoms with Crippen LogP contribution < -0.4 is 0 Å². The lowest BCUT2D eigenvalue weighted by Gasteiger charge is -1.90. The highest BCUT2D eigenvalue weighted by Crippen LogP contribution is 2.13. The summed E-state index contributed by atoms with van der Waals surface area (Å²) in [6.45, 7) is 0. The molecule has 0 aromatic carbocycles. The van der Waals surface area contributed by atoms with E-state index in [-0.39, 0.29) is 10.9 Å². The Hall–Kier alpha value is -1.03. The summed E-state index contributed by atoms with van der Waals surface area (Å²) in [5.74, 6) is -0.598. The normalized spacial score (nSPS) is 9.40. The van der Waals surface area contributed by atoms with Gasteiger partial charge >= 0.3 is 5.97 Å². The predicted octanol–water partition coefficient (Wildman–Crippen LogP) is 1.11. The minimum absolute atomic E-state index is 0.00386. The highest BCUT2D eigenvalue weighted by molar-refractivity contribution is 6.31. The highest BCUT2D eigenvalue weighted by atomic mass is 35.5. The molecule has 1 heterocycles. The van der Waals surface area contributed by atoms with Crippen LogP contribution in [0.3, 0.4) is 0 Å². The largest absolute Gasteiger partial charge is 0.464 e. The second-order valence-corrected chi connectivity index (χ2v) is 1.81. The maximum Gasteiger partial charge on any atom is 0.361 e. The van der Waals surface area contributed by atoms with E-state index in [1.165, 1.54) is 7.11 Å². The molecule has 1 aromatic heterocycles. The van der Waals surface area contributed by atoms with E-state index in [1.807, 2.05) is 0 Å². The monoisotopic (exact) mass is 161 g/mol. The van der Waals surface area contributed by atoms with Gasteiger partial charge in [0.05, 0.1) is 7.11 Å². The second-order valence-electron chi connectivity index (χ2n) is 1.47. The number of esters is 1. The van der Waals surface area contributed by atoms with Crippen molar-refractivity contribution in [3.05, 3.63) is 17.3 Å². The van der Waals surface area contributed by atoms with Crippen molar-refractivity contribution in [1.29, 1.82) is 0 Å². The van der Waals surface area contributed by atoms with Crippen molar-refractivity contribution < 1.29 is 13.9 Å². The van der Waals surface area contributed by atoms with E-state index in [0.717, 1.165) is 6.39 Å². The third kappa shape index (κ3) is 1.11. The molecule has 1 aromatic rings. The number of hydrogen-bond acceptors (Lipinski definition) is 4. The zero-order chi connectivity index (χ0) is 7.56. The third-order valence-electron chi connectivity index (χ3n) is 0.903. The van der Waals surface area contributed by atoms with Gasteiger partial charge in [0.25, 0.3) is 0 Å². The van der Waals surface area contributed by atoms with E-state index in [1.54, 1.807) is 0 Å². The molecule has 0 unspecified atom stereocenters. The molecule has 0 spiro atoms. The maximum atomic E-state index is 10.7. The molecule has 0 aliphatic rings. The van der Waals surface area contributed by atoms with Gasteiger partial charge in [-0.1, -0.05) is 0 Å². The zero-order valence-corrected chi connectivity index (χ0v) is 5.88. The number of nitrogens with zero attached hydrogens (tertiary/aromatic N) is 1. The molecule has 0 saturated carbocycles. The summed E-state index contributed by atoms with van der Waals surface area (Å²) in [6, 6.07) is 0. The fourth-order valence-corrected chi connectivity index (χ4v) is 0.627. The van der Waals surface area contributed by atoms with Gasteiger partial charge < -0.3 is 9.15 Å². The van der Waals surface area contributed by atoms with Gasteiger partial charge in [-0.2, -0.15) is 0 Å². The molecule has 0 aliphatic heterocycles. The quantitative estimate of drug-likeness (QED) is 0.579. The van der Waals surface area contributed by atoms with Gasteiger partial charge in [-0.3, -0.25) is 0 Å². The fourth-order valence-electron chi connectivity index (χ4n) is 0.462. The molecular formula is C5H4ClNO3. The Morgan fingerprint density at radius 3 is 3.00 bits per heavy atom. The molecule has 1 rings (SSSR count). The van der Waals surface area contributed by atoms with Crippen LogP contribution in [-0.2, 0) is 4.74 Å². The molecule has 0 atom stereocenters. The summed E-state index contributed by atoms with van der Waals surface area (Å²) in [6.07, 6.45) is 1.08. The van der Waals surface area contributed by atoms with Crippen LogP contribution in [0.4, 0.5) is 0 Å². The molecule has 0 N–H and O–H groups in total. The number of hydrogen-bond donors (Lipinski definition) is 0. The summed E-state index contributed by atoms with van der Waals surface area (Å²) in [4.78, 5) is 14.2. The zero-order valence-electron chi connectivity index (χ0n) is 5.13. The van der Waals surface area contributed by atoms with Gasteiger partial charge in [0, 0.05) is 0 Å². The van der Waals surface area contributed by atoms with E-state index < -0.39 is 5.97 Å². The molecule has 0 saturated heterocycles. The number of aromatic nitrogens is 1. The minimum atomic E-state index is -0.598. The highest BCUT2D eigenvalue weighted by Gasteiger charge is 2.14. The number of halogens is 1. The Bertz CT molecular complexity index is 245. The number of oxazole rings is 1. The number of ether oxygens (including phenoxy) is 1. The topological polar surface area (TPSA) is 52.3 Å². The Morgan fingerprint density at radius 2 is 2.60 bits per heavy atom. The Morgan fingerprint density at radius 1 is 1.90 bits per heavy atom. The van der Waals surface area contributed by atoms with E-state index in [0.29, 0.717) is 0 Å². The number of methoxy groups -OCH3 is 1. The van der Waals surface area contributed by atoms with Crippen molar-refractivity contribution in [2.45, 2.75) is 0 Å². The Labute approximate surface area is 61.8 Å². The number of carbonyl (C=O) groups is 1. The van der Waals surface area contributed by atoms with Crippen LogP contribution in [0, 0.1) is 0 Å². The first-order valence-corrected chi connectivity index (χ1v) is 2.81. The summed E-state index contributed by atoms with van der Waals surface area (Å²) in [5, 5.41) is -0.0492. The molecule has 0 aliphatic carbocycles. The smallest absolute Gasteiger partial charge is 0.361 e. The van der Waals surface area contributed by atoms with Crippen molar-refractivity contribution in [3.8, 4) is 0 Å². The molecule has 4 nitrogen and oxygen atoms in total. The van der Waals surface area contributed by atoms with Gasteiger partial charge in [-0.15, -0.1) is 0 Å². The summed E-state index contributed by atoms with van der Waals surface area (Å²) >= 11 is 5.38. The first-order valence-electron chi connectivity index (χ1n) is 2.43. The van der Waals surface area contributed by atoms with Gasteiger partial charge in [-0.25, -0.2) is 9.78 Å². The first kappa shape index (κ1) is 7.08. The van der Waals surface area contributed by atoms with Crippen molar-refractivity contribution >= 4 is 17.6 Å². The molecule has 0 fully saturated rings. The third-order valence-corrected chi connectivity index (χ3v) is 1.17. The van der Waals surface area contributed by atoms with Crippen molar-refractivity contribution in [3.63, 3.8) is 0 Å². The summed E-state index contributed by atoms with van der Waals surface area (Å²) in [5.41, 5.74) is 0.00386. The lowest BCUT2D eigenvalue weighted by atomic mass is 10.5. The number of rotatable bonds is 1. The molecule has 0 amide bonds. The molecule has 5 heteroatoms. The molecular weight excluding hydrogens is 158 g/mol. The van der Waals surface area contributed by atoms with Crippen LogP contribution in [0.5, 0.6) is 0 Å². The first-order chi connectivity index (χ1) is 4.75. The van der Waals surface area contributed by atoms with Crippen LogP contribution in [0.2, 0.25) is 5.22 Å². The van der Waals surface area contributed by atoms with Crippen LogP contribution in [-0.4, -0.2) is 18.1 Å². The maximum absolute atomic E-state index is 10.7. The summed E-state index contributed by atoms with van der Waals surface area (Å²) < 4.78 is 8.87. The average Bonchev–Trinajstić information content (AvgIpc) is 2.34. The molecule has 10 heavy (non-hydrogen) atoms. The van der Waals surface area contributed by atoms with Crippen LogP contribution in [0.25, 0.3) is 0 Å². The van der Waals surface area contributed by atoms with E-state index >= 15 is 0 Å². The molecule has 0 bridgehead atoms. The average molecular weight is 162 g/mol. The van der Waals surface area contributed by atoms with Crippen LogP contribution in [0.1, 0.15) is 10.5 Å². The van der Waals surface area contributed by atoms with Gasteiger partial charge in [0.15, 0.2) is 6.39 Å². The Kier molecular flexibility index (Phi) is 1.91. The van der Waals surface area contributed by atoms with Gasteiger partial charge in [0.1, 0.15) is 0 Å². The van der Waals surface area contributed by atoms with E-state index in [9.17, 15) is 4.79 Å². The lowest BCUT2D eigenvalue weighted by Crippen LogP contribution is -2.01. The molecule has 0 radical (unpaired) electrons. The minimum Gasteiger partial charge on any atom is -0.464 e. The van der Waals surface area contributed by atoms with Crippen LogP contribution >= 0.6 is 11.6 Å². The van der Waals surface area contributed by atoms with E-state index in [4.69, 9.17) is 11.6 Å². The lowest BCUT2D eigenvalue weighted by molar-refractivity contribution is 0.0594. The second kappa shape index (κ2) is 2.70. The van der Waals surface area contributed by atoms with Crippen molar-refractivity contribution in [1.82, 2.24) is 4.98 Å². The van der Waals surface area contributed by atoms with E-state index in [2.05, 4.69) is 14.1 Å². The predicted molar refractivity (Wildman–Crippen MR) is 32.9 cm³/mol. The fraction of sp³-hybridized carbons (Fsp3) is 0.200. The van der Waals surface area contributed by atoms with Crippen molar-refractivity contribution in [2.24, 2.45) is 0 Å². The van der Waals surface area contributed by atoms with Gasteiger partial charge in [0.2, 0.25) is 10.9 Å². The Balaban J connectivity index is 2.93. The molecule has 54 valence electrons. The summed E-state index contributed by atoms with van der Waals surface area (Å²) in [7, 11) is 1.24.